The fourth-order valence-corrected chi connectivity index (χ4v) is 2.08. The molecule has 0 saturated heterocycles. The molecule has 1 aromatic carbocycles. The van der Waals surface area contributed by atoms with Crippen molar-refractivity contribution in [2.75, 3.05) is 5.75 Å². The SMILES string of the molecule is CCSc1cc(C)ccc1C(N)=NO. The minimum Gasteiger partial charge on any atom is -0.409 e. The molecule has 0 aromatic heterocycles. The van der Waals surface area contributed by atoms with Gasteiger partial charge in [-0.25, -0.2) is 0 Å². The van der Waals surface area contributed by atoms with E-state index in [-0.39, 0.29) is 5.84 Å². The van der Waals surface area contributed by atoms with Crippen molar-refractivity contribution in [1.82, 2.24) is 0 Å². The lowest BCUT2D eigenvalue weighted by Crippen LogP contribution is -2.14. The van der Waals surface area contributed by atoms with E-state index in [0.717, 1.165) is 16.2 Å². The van der Waals surface area contributed by atoms with Crippen LogP contribution >= 0.6 is 11.8 Å². The molecule has 0 heterocycles. The number of thioether (sulfide) groups is 1. The molecule has 0 bridgehead atoms. The number of hydrogen-bond acceptors (Lipinski definition) is 3. The van der Waals surface area contributed by atoms with Crippen LogP contribution in [-0.4, -0.2) is 16.8 Å². The summed E-state index contributed by atoms with van der Waals surface area (Å²) in [5, 5.41) is 11.6. The quantitative estimate of drug-likeness (QED) is 0.264. The zero-order valence-corrected chi connectivity index (χ0v) is 9.14. The number of nitrogens with zero attached hydrogens (tertiary/aromatic N) is 1. The van der Waals surface area contributed by atoms with Crippen LogP contribution in [0.1, 0.15) is 18.1 Å². The Morgan fingerprint density at radius 1 is 1.57 bits per heavy atom. The molecule has 76 valence electrons. The Hall–Kier alpha value is -1.16. The molecule has 4 heteroatoms. The molecule has 0 aliphatic rings. The molecular formula is C10H14N2OS. The Bertz CT molecular complexity index is 350. The minimum atomic E-state index is 0.168. The zero-order valence-electron chi connectivity index (χ0n) is 8.32. The summed E-state index contributed by atoms with van der Waals surface area (Å²) in [6.45, 7) is 4.10. The molecule has 14 heavy (non-hydrogen) atoms. The molecule has 0 fully saturated rings. The van der Waals surface area contributed by atoms with E-state index in [2.05, 4.69) is 12.1 Å². The first-order valence-corrected chi connectivity index (χ1v) is 5.39. The lowest BCUT2D eigenvalue weighted by Gasteiger charge is -2.07. The van der Waals surface area contributed by atoms with Gasteiger partial charge in [0.1, 0.15) is 0 Å². The predicted molar refractivity (Wildman–Crippen MR) is 60.1 cm³/mol. The fourth-order valence-electron chi connectivity index (χ4n) is 1.17. The molecule has 0 atom stereocenters. The molecule has 3 nitrogen and oxygen atoms in total. The Labute approximate surface area is 88.0 Å². The number of nitrogens with two attached hydrogens (primary N) is 1. The monoisotopic (exact) mass is 210 g/mol. The van der Waals surface area contributed by atoms with Crippen LogP contribution in [-0.2, 0) is 0 Å². The summed E-state index contributed by atoms with van der Waals surface area (Å²) in [5.74, 6) is 1.13. The average Bonchev–Trinajstić information content (AvgIpc) is 2.17. The standard InChI is InChI=1S/C10H14N2OS/c1-3-14-9-6-7(2)4-5-8(9)10(11)12-13/h4-6,13H,3H2,1-2H3,(H2,11,12). The van der Waals surface area contributed by atoms with Gasteiger partial charge in [-0.1, -0.05) is 18.1 Å². The van der Waals surface area contributed by atoms with Crippen LogP contribution < -0.4 is 5.73 Å². The van der Waals surface area contributed by atoms with Crippen molar-refractivity contribution < 1.29 is 5.21 Å². The van der Waals surface area contributed by atoms with Crippen LogP contribution in [0.4, 0.5) is 0 Å². The van der Waals surface area contributed by atoms with Gasteiger partial charge in [-0.3, -0.25) is 0 Å². The van der Waals surface area contributed by atoms with Crippen LogP contribution in [0.5, 0.6) is 0 Å². The van der Waals surface area contributed by atoms with Gasteiger partial charge in [-0.2, -0.15) is 0 Å². The van der Waals surface area contributed by atoms with Crippen LogP contribution in [0.15, 0.2) is 28.3 Å². The Morgan fingerprint density at radius 2 is 2.29 bits per heavy atom. The van der Waals surface area contributed by atoms with Crippen molar-refractivity contribution in [3.8, 4) is 0 Å². The summed E-state index contributed by atoms with van der Waals surface area (Å²) in [7, 11) is 0. The number of oxime groups is 1. The normalized spacial score (nSPS) is 11.7. The third-order valence-corrected chi connectivity index (χ3v) is 2.76. The first-order chi connectivity index (χ1) is 6.69. The van der Waals surface area contributed by atoms with Gasteiger partial charge in [0.15, 0.2) is 5.84 Å². The van der Waals surface area contributed by atoms with Crippen molar-refractivity contribution >= 4 is 17.6 Å². The summed E-state index contributed by atoms with van der Waals surface area (Å²) in [5.41, 5.74) is 7.53. The summed E-state index contributed by atoms with van der Waals surface area (Å²) < 4.78 is 0. The second-order valence-electron chi connectivity index (χ2n) is 2.92. The molecule has 1 aromatic rings. The molecule has 1 rings (SSSR count). The van der Waals surface area contributed by atoms with Crippen LogP contribution in [0.2, 0.25) is 0 Å². The topological polar surface area (TPSA) is 58.6 Å². The number of benzene rings is 1. The second kappa shape index (κ2) is 4.91. The van der Waals surface area contributed by atoms with E-state index in [1.807, 2.05) is 25.1 Å². The van der Waals surface area contributed by atoms with Gasteiger partial charge in [0.05, 0.1) is 0 Å². The number of rotatable bonds is 3. The third kappa shape index (κ3) is 2.42. The predicted octanol–water partition coefficient (Wildman–Crippen LogP) is 2.20. The van der Waals surface area contributed by atoms with Gasteiger partial charge in [0, 0.05) is 10.5 Å². The van der Waals surface area contributed by atoms with Crippen molar-refractivity contribution in [3.05, 3.63) is 29.3 Å². The van der Waals surface area contributed by atoms with Gasteiger partial charge in [0.25, 0.3) is 0 Å². The minimum absolute atomic E-state index is 0.168. The first kappa shape index (κ1) is 10.9. The highest BCUT2D eigenvalue weighted by molar-refractivity contribution is 7.99. The van der Waals surface area contributed by atoms with Crippen LogP contribution in [0.3, 0.4) is 0 Å². The van der Waals surface area contributed by atoms with Gasteiger partial charge >= 0.3 is 0 Å². The van der Waals surface area contributed by atoms with E-state index in [4.69, 9.17) is 10.9 Å². The molecule has 0 saturated carbocycles. The molecule has 0 aliphatic carbocycles. The van der Waals surface area contributed by atoms with E-state index in [0.29, 0.717) is 0 Å². The second-order valence-corrected chi connectivity index (χ2v) is 4.22. The van der Waals surface area contributed by atoms with Crippen molar-refractivity contribution in [3.63, 3.8) is 0 Å². The summed E-state index contributed by atoms with van der Waals surface area (Å²) in [4.78, 5) is 1.06. The van der Waals surface area contributed by atoms with Gasteiger partial charge in [-0.15, -0.1) is 11.8 Å². The summed E-state index contributed by atoms with van der Waals surface area (Å²) in [6, 6.07) is 5.87. The van der Waals surface area contributed by atoms with E-state index in [1.165, 1.54) is 5.56 Å². The number of aryl methyl sites for hydroxylation is 1. The van der Waals surface area contributed by atoms with E-state index in [9.17, 15) is 0 Å². The van der Waals surface area contributed by atoms with Crippen LogP contribution in [0.25, 0.3) is 0 Å². The van der Waals surface area contributed by atoms with Gasteiger partial charge in [0.2, 0.25) is 0 Å². The zero-order chi connectivity index (χ0) is 10.6. The molecule has 0 unspecified atom stereocenters. The molecular weight excluding hydrogens is 196 g/mol. The molecule has 3 N–H and O–H groups in total. The summed E-state index contributed by atoms with van der Waals surface area (Å²) in [6.07, 6.45) is 0. The Balaban J connectivity index is 3.14. The maximum atomic E-state index is 8.60. The molecule has 0 radical (unpaired) electrons. The smallest absolute Gasteiger partial charge is 0.171 e. The van der Waals surface area contributed by atoms with E-state index < -0.39 is 0 Å². The highest BCUT2D eigenvalue weighted by Gasteiger charge is 2.06. The summed E-state index contributed by atoms with van der Waals surface area (Å²) >= 11 is 1.69. The lowest BCUT2D eigenvalue weighted by atomic mass is 10.1. The van der Waals surface area contributed by atoms with Crippen molar-refractivity contribution in [2.24, 2.45) is 10.9 Å². The lowest BCUT2D eigenvalue weighted by molar-refractivity contribution is 0.318. The fraction of sp³-hybridized carbons (Fsp3) is 0.300. The highest BCUT2D eigenvalue weighted by Crippen LogP contribution is 2.23. The maximum Gasteiger partial charge on any atom is 0.171 e. The Kier molecular flexibility index (Phi) is 3.83. The largest absolute Gasteiger partial charge is 0.409 e. The highest BCUT2D eigenvalue weighted by atomic mass is 32.2. The third-order valence-electron chi connectivity index (χ3n) is 1.82. The van der Waals surface area contributed by atoms with Crippen molar-refractivity contribution in [1.29, 1.82) is 0 Å². The molecule has 0 spiro atoms. The van der Waals surface area contributed by atoms with Crippen molar-refractivity contribution in [2.45, 2.75) is 18.7 Å². The first-order valence-electron chi connectivity index (χ1n) is 4.40. The van der Waals surface area contributed by atoms with Crippen LogP contribution in [0, 0.1) is 6.92 Å². The van der Waals surface area contributed by atoms with Gasteiger partial charge in [-0.05, 0) is 30.4 Å². The van der Waals surface area contributed by atoms with E-state index >= 15 is 0 Å². The Morgan fingerprint density at radius 3 is 2.86 bits per heavy atom. The van der Waals surface area contributed by atoms with Gasteiger partial charge < -0.3 is 10.9 Å². The average molecular weight is 210 g/mol. The number of amidine groups is 1. The molecule has 0 aliphatic heterocycles. The van der Waals surface area contributed by atoms with E-state index in [1.54, 1.807) is 11.8 Å². The molecule has 0 amide bonds. The maximum absolute atomic E-state index is 8.60. The number of hydrogen-bond donors (Lipinski definition) is 2.